The van der Waals surface area contributed by atoms with Gasteiger partial charge in [-0.2, -0.15) is 0 Å². The quantitative estimate of drug-likeness (QED) is 0.710. The molecule has 1 saturated heterocycles. The molecular weight excluding hydrogens is 258 g/mol. The second-order valence-corrected chi connectivity index (χ2v) is 5.06. The van der Waals surface area contributed by atoms with Crippen molar-refractivity contribution in [2.45, 2.75) is 27.2 Å². The van der Waals surface area contributed by atoms with E-state index in [9.17, 15) is 14.4 Å². The van der Waals surface area contributed by atoms with E-state index in [1.807, 2.05) is 32.9 Å². The summed E-state index contributed by atoms with van der Waals surface area (Å²) in [7, 11) is 0. The summed E-state index contributed by atoms with van der Waals surface area (Å²) in [6.07, 6.45) is -0.162. The highest BCUT2D eigenvalue weighted by Crippen LogP contribution is 2.22. The van der Waals surface area contributed by atoms with E-state index >= 15 is 0 Å². The van der Waals surface area contributed by atoms with Crippen molar-refractivity contribution in [1.29, 1.82) is 0 Å². The first kappa shape index (κ1) is 14.0. The number of hydrogen-bond acceptors (Lipinski definition) is 3. The Hall–Kier alpha value is -2.37. The van der Waals surface area contributed by atoms with Crippen molar-refractivity contribution in [3.05, 3.63) is 28.8 Å². The van der Waals surface area contributed by atoms with Crippen LogP contribution in [-0.4, -0.2) is 17.7 Å². The summed E-state index contributed by atoms with van der Waals surface area (Å²) in [6, 6.07) is 3.94. The summed E-state index contributed by atoms with van der Waals surface area (Å²) < 4.78 is 0. The lowest BCUT2D eigenvalue weighted by Gasteiger charge is -2.13. The van der Waals surface area contributed by atoms with Crippen LogP contribution in [0.1, 0.15) is 23.1 Å². The number of carbonyl (C=O) groups excluding carboxylic acids is 3. The summed E-state index contributed by atoms with van der Waals surface area (Å²) in [5.41, 5.74) is 8.16. The second kappa shape index (κ2) is 5.32. The number of hydrazine groups is 1. The largest absolute Gasteiger partial charge is 0.326 e. The van der Waals surface area contributed by atoms with Crippen LogP contribution in [0.15, 0.2) is 12.1 Å². The lowest BCUT2D eigenvalue weighted by molar-refractivity contribution is -0.131. The molecule has 1 aliphatic rings. The van der Waals surface area contributed by atoms with Gasteiger partial charge in [0.15, 0.2) is 0 Å². The van der Waals surface area contributed by atoms with Crippen LogP contribution in [0.5, 0.6) is 0 Å². The van der Waals surface area contributed by atoms with Crippen molar-refractivity contribution in [2.24, 2.45) is 5.92 Å². The third-order valence-electron chi connectivity index (χ3n) is 3.27. The summed E-state index contributed by atoms with van der Waals surface area (Å²) >= 11 is 0. The number of benzene rings is 1. The fourth-order valence-corrected chi connectivity index (χ4v) is 2.35. The fraction of sp³-hybridized carbons (Fsp3) is 0.357. The molecule has 0 spiro atoms. The predicted molar refractivity (Wildman–Crippen MR) is 73.7 cm³/mol. The Kier molecular flexibility index (Phi) is 3.74. The van der Waals surface area contributed by atoms with Crippen LogP contribution in [0, 0.1) is 26.7 Å². The average molecular weight is 275 g/mol. The molecule has 0 radical (unpaired) electrons. The van der Waals surface area contributed by atoms with Crippen LogP contribution in [0.4, 0.5) is 5.69 Å². The van der Waals surface area contributed by atoms with Crippen LogP contribution in [0.25, 0.3) is 0 Å². The molecule has 3 amide bonds. The maximum atomic E-state index is 12.0. The van der Waals surface area contributed by atoms with Gasteiger partial charge in [0.1, 0.15) is 5.92 Å². The molecule has 0 atom stereocenters. The lowest BCUT2D eigenvalue weighted by atomic mass is 10.0. The third kappa shape index (κ3) is 2.79. The van der Waals surface area contributed by atoms with Gasteiger partial charge in [0.25, 0.3) is 11.8 Å². The van der Waals surface area contributed by atoms with Crippen molar-refractivity contribution < 1.29 is 14.4 Å². The second-order valence-electron chi connectivity index (χ2n) is 5.06. The minimum Gasteiger partial charge on any atom is -0.326 e. The molecule has 20 heavy (non-hydrogen) atoms. The van der Waals surface area contributed by atoms with Crippen molar-refractivity contribution >= 4 is 23.4 Å². The van der Waals surface area contributed by atoms with Gasteiger partial charge in [-0.1, -0.05) is 17.7 Å². The average Bonchev–Trinajstić information content (AvgIpc) is 2.65. The Bertz CT molecular complexity index is 556. The Balaban J connectivity index is 2.09. The van der Waals surface area contributed by atoms with Gasteiger partial charge in [-0.05, 0) is 31.9 Å². The SMILES string of the molecule is Cc1cc(C)c(NC(=O)CC2C(=O)NNC2=O)c(C)c1. The summed E-state index contributed by atoms with van der Waals surface area (Å²) in [5, 5.41) is 2.77. The highest BCUT2D eigenvalue weighted by Gasteiger charge is 2.34. The number of carbonyl (C=O) groups is 3. The maximum absolute atomic E-state index is 12.0. The van der Waals surface area contributed by atoms with Crippen LogP contribution >= 0.6 is 0 Å². The van der Waals surface area contributed by atoms with Gasteiger partial charge >= 0.3 is 0 Å². The van der Waals surface area contributed by atoms with Gasteiger partial charge in [0.05, 0.1) is 0 Å². The highest BCUT2D eigenvalue weighted by molar-refractivity contribution is 6.09. The van der Waals surface area contributed by atoms with E-state index in [1.54, 1.807) is 0 Å². The minimum atomic E-state index is -0.957. The van der Waals surface area contributed by atoms with E-state index in [4.69, 9.17) is 0 Å². The van der Waals surface area contributed by atoms with Crippen LogP contribution in [0.2, 0.25) is 0 Å². The molecule has 0 bridgehead atoms. The van der Waals surface area contributed by atoms with Gasteiger partial charge in [0.2, 0.25) is 5.91 Å². The number of hydrogen-bond donors (Lipinski definition) is 3. The topological polar surface area (TPSA) is 87.3 Å². The zero-order valence-electron chi connectivity index (χ0n) is 11.7. The molecule has 1 fully saturated rings. The first-order valence-corrected chi connectivity index (χ1v) is 6.36. The zero-order valence-corrected chi connectivity index (χ0v) is 11.7. The Morgan fingerprint density at radius 1 is 1.10 bits per heavy atom. The smallest absolute Gasteiger partial charge is 0.251 e. The van der Waals surface area contributed by atoms with E-state index in [0.717, 1.165) is 22.4 Å². The Morgan fingerprint density at radius 2 is 1.60 bits per heavy atom. The van der Waals surface area contributed by atoms with Gasteiger partial charge in [-0.25, -0.2) is 0 Å². The third-order valence-corrected chi connectivity index (χ3v) is 3.27. The molecule has 0 aliphatic carbocycles. The first-order chi connectivity index (χ1) is 9.38. The fourth-order valence-electron chi connectivity index (χ4n) is 2.35. The molecule has 1 aliphatic heterocycles. The molecule has 6 nitrogen and oxygen atoms in total. The monoisotopic (exact) mass is 275 g/mol. The van der Waals surface area contributed by atoms with Gasteiger partial charge < -0.3 is 5.32 Å². The number of amides is 3. The molecule has 0 saturated carbocycles. The van der Waals surface area contributed by atoms with Crippen LogP contribution in [-0.2, 0) is 14.4 Å². The van der Waals surface area contributed by atoms with Crippen LogP contribution < -0.4 is 16.2 Å². The van der Waals surface area contributed by atoms with Gasteiger partial charge in [0, 0.05) is 12.1 Å². The lowest BCUT2D eigenvalue weighted by Crippen LogP contribution is -2.28. The number of nitrogens with one attached hydrogen (secondary N) is 3. The highest BCUT2D eigenvalue weighted by atomic mass is 16.2. The number of rotatable bonds is 3. The predicted octanol–water partition coefficient (Wildman–Crippen LogP) is 0.718. The summed E-state index contributed by atoms with van der Waals surface area (Å²) in [4.78, 5) is 34.7. The molecule has 6 heteroatoms. The molecule has 0 unspecified atom stereocenters. The minimum absolute atomic E-state index is 0.162. The standard InChI is InChI=1S/C14H17N3O3/c1-7-4-8(2)12(9(3)5-7)15-11(18)6-10-13(19)16-17-14(10)20/h4-5,10H,6H2,1-3H3,(H,15,18)(H,16,19)(H,17,20). The molecule has 106 valence electrons. The van der Waals surface area contributed by atoms with E-state index in [2.05, 4.69) is 16.2 Å². The van der Waals surface area contributed by atoms with Crippen molar-refractivity contribution in [3.8, 4) is 0 Å². The first-order valence-electron chi connectivity index (χ1n) is 6.36. The molecule has 1 aromatic carbocycles. The molecule has 1 heterocycles. The Morgan fingerprint density at radius 3 is 2.10 bits per heavy atom. The zero-order chi connectivity index (χ0) is 14.9. The van der Waals surface area contributed by atoms with Crippen LogP contribution in [0.3, 0.4) is 0 Å². The van der Waals surface area contributed by atoms with E-state index < -0.39 is 17.7 Å². The summed E-state index contributed by atoms with van der Waals surface area (Å²) in [5.74, 6) is -2.25. The van der Waals surface area contributed by atoms with Crippen molar-refractivity contribution in [1.82, 2.24) is 10.9 Å². The van der Waals surface area contributed by atoms with E-state index in [-0.39, 0.29) is 12.3 Å². The molecule has 3 N–H and O–H groups in total. The summed E-state index contributed by atoms with van der Waals surface area (Å²) in [6.45, 7) is 5.80. The van der Waals surface area contributed by atoms with E-state index in [0.29, 0.717) is 0 Å². The molecular formula is C14H17N3O3. The van der Waals surface area contributed by atoms with E-state index in [1.165, 1.54) is 0 Å². The molecule has 1 aromatic rings. The Labute approximate surface area is 116 Å². The van der Waals surface area contributed by atoms with Gasteiger partial charge in [-0.3, -0.25) is 25.2 Å². The normalized spacial score (nSPS) is 14.9. The van der Waals surface area contributed by atoms with Crippen molar-refractivity contribution in [2.75, 3.05) is 5.32 Å². The molecule has 2 rings (SSSR count). The molecule has 0 aromatic heterocycles. The number of anilines is 1. The number of aryl methyl sites for hydroxylation is 3. The van der Waals surface area contributed by atoms with Gasteiger partial charge in [-0.15, -0.1) is 0 Å². The van der Waals surface area contributed by atoms with Crippen molar-refractivity contribution in [3.63, 3.8) is 0 Å². The maximum Gasteiger partial charge on any atom is 0.251 e.